The van der Waals surface area contributed by atoms with E-state index in [0.29, 0.717) is 11.3 Å². The fourth-order valence-electron chi connectivity index (χ4n) is 4.30. The normalized spacial score (nSPS) is 21.8. The van der Waals surface area contributed by atoms with Crippen LogP contribution in [-0.2, 0) is 9.59 Å². The summed E-state index contributed by atoms with van der Waals surface area (Å²) in [6, 6.07) is 7.02. The van der Waals surface area contributed by atoms with Crippen LogP contribution in [0.15, 0.2) is 35.9 Å². The van der Waals surface area contributed by atoms with Gasteiger partial charge in [0.1, 0.15) is 0 Å². The van der Waals surface area contributed by atoms with Gasteiger partial charge in [0.25, 0.3) is 0 Å². The molecule has 0 bridgehead atoms. The number of rotatable bonds is 7. The van der Waals surface area contributed by atoms with Crippen molar-refractivity contribution in [3.8, 4) is 0 Å². The zero-order valence-electron chi connectivity index (χ0n) is 17.3. The highest BCUT2D eigenvalue weighted by atomic mass is 16.2. The van der Waals surface area contributed by atoms with Gasteiger partial charge in [-0.25, -0.2) is 0 Å². The molecule has 1 saturated carbocycles. The molecule has 156 valence electrons. The summed E-state index contributed by atoms with van der Waals surface area (Å²) in [5.41, 5.74) is 2.72. The van der Waals surface area contributed by atoms with Crippen molar-refractivity contribution in [3.63, 3.8) is 0 Å². The van der Waals surface area contributed by atoms with Gasteiger partial charge in [-0.3, -0.25) is 14.4 Å². The number of ketones is 1. The van der Waals surface area contributed by atoms with E-state index in [1.807, 2.05) is 0 Å². The van der Waals surface area contributed by atoms with E-state index in [2.05, 4.69) is 16.7 Å². The van der Waals surface area contributed by atoms with Gasteiger partial charge < -0.3 is 10.6 Å². The van der Waals surface area contributed by atoms with Crippen LogP contribution in [0.2, 0.25) is 0 Å². The van der Waals surface area contributed by atoms with Crippen LogP contribution in [-0.4, -0.2) is 24.1 Å². The molecule has 5 nitrogen and oxygen atoms in total. The Morgan fingerprint density at radius 3 is 2.38 bits per heavy atom. The monoisotopic (exact) mass is 396 g/mol. The van der Waals surface area contributed by atoms with Gasteiger partial charge in [-0.1, -0.05) is 23.8 Å². The molecule has 1 fully saturated rings. The van der Waals surface area contributed by atoms with Crippen LogP contribution < -0.4 is 10.6 Å². The SMILES string of the molecule is CC(=O)c1cccc(NC(=O)C2CCC(C(=O)NCCC3=CCCCC3)CC2)c1. The standard InChI is InChI=1S/C24H32N2O3/c1-17(27)21-8-5-9-22(16-21)26-24(29)20-12-10-19(11-13-20)23(28)25-15-14-18-6-3-2-4-7-18/h5-6,8-9,16,19-20H,2-4,7,10-15H2,1H3,(H,25,28)(H,26,29). The van der Waals surface area contributed by atoms with Gasteiger partial charge in [-0.2, -0.15) is 0 Å². The zero-order chi connectivity index (χ0) is 20.6. The second kappa shape index (κ2) is 10.4. The van der Waals surface area contributed by atoms with E-state index < -0.39 is 0 Å². The van der Waals surface area contributed by atoms with Gasteiger partial charge >= 0.3 is 0 Å². The van der Waals surface area contributed by atoms with E-state index in [4.69, 9.17) is 0 Å². The second-order valence-corrected chi connectivity index (χ2v) is 8.32. The minimum atomic E-state index is -0.0765. The number of hydrogen-bond donors (Lipinski definition) is 2. The summed E-state index contributed by atoms with van der Waals surface area (Å²) in [7, 11) is 0. The molecule has 29 heavy (non-hydrogen) atoms. The third kappa shape index (κ3) is 6.28. The molecule has 0 radical (unpaired) electrons. The van der Waals surface area contributed by atoms with Crippen LogP contribution in [0, 0.1) is 11.8 Å². The summed E-state index contributed by atoms with van der Waals surface area (Å²) in [5, 5.41) is 6.01. The molecular weight excluding hydrogens is 364 g/mol. The quantitative estimate of drug-likeness (QED) is 0.521. The van der Waals surface area contributed by atoms with Crippen LogP contribution >= 0.6 is 0 Å². The van der Waals surface area contributed by atoms with Gasteiger partial charge in [0, 0.05) is 29.6 Å². The molecule has 3 rings (SSSR count). The Morgan fingerprint density at radius 2 is 1.72 bits per heavy atom. The van der Waals surface area contributed by atoms with Gasteiger partial charge in [0.15, 0.2) is 5.78 Å². The molecule has 0 saturated heterocycles. The highest BCUT2D eigenvalue weighted by Crippen LogP contribution is 2.30. The number of carbonyl (C=O) groups excluding carboxylic acids is 3. The van der Waals surface area contributed by atoms with Crippen molar-refractivity contribution >= 4 is 23.3 Å². The molecule has 0 aromatic heterocycles. The predicted octanol–water partition coefficient (Wildman–Crippen LogP) is 4.64. The molecule has 0 heterocycles. The number of allylic oxidation sites excluding steroid dienone is 1. The van der Waals surface area contributed by atoms with E-state index in [9.17, 15) is 14.4 Å². The van der Waals surface area contributed by atoms with Gasteiger partial charge in [-0.05, 0) is 76.8 Å². The Bertz CT molecular complexity index is 776. The number of amides is 2. The first-order valence-corrected chi connectivity index (χ1v) is 10.9. The number of anilines is 1. The molecule has 0 atom stereocenters. The summed E-state index contributed by atoms with van der Waals surface area (Å²) in [4.78, 5) is 36.5. The van der Waals surface area contributed by atoms with Crippen LogP contribution in [0.3, 0.4) is 0 Å². The van der Waals surface area contributed by atoms with Crippen molar-refractivity contribution in [2.45, 2.75) is 64.7 Å². The lowest BCUT2D eigenvalue weighted by molar-refractivity contribution is -0.128. The number of nitrogens with one attached hydrogen (secondary N) is 2. The molecule has 1 aromatic carbocycles. The summed E-state index contributed by atoms with van der Waals surface area (Å²) < 4.78 is 0. The fourth-order valence-corrected chi connectivity index (χ4v) is 4.30. The third-order valence-electron chi connectivity index (χ3n) is 6.14. The first-order valence-electron chi connectivity index (χ1n) is 10.9. The maximum absolute atomic E-state index is 12.6. The highest BCUT2D eigenvalue weighted by Gasteiger charge is 2.29. The first kappa shape index (κ1) is 21.3. The lowest BCUT2D eigenvalue weighted by Gasteiger charge is -2.27. The predicted molar refractivity (Wildman–Crippen MR) is 115 cm³/mol. The Balaban J connectivity index is 1.40. The summed E-state index contributed by atoms with van der Waals surface area (Å²) >= 11 is 0. The largest absolute Gasteiger partial charge is 0.356 e. The van der Waals surface area contributed by atoms with E-state index in [-0.39, 0.29) is 29.4 Å². The molecule has 2 N–H and O–H groups in total. The number of hydrogen-bond acceptors (Lipinski definition) is 3. The Morgan fingerprint density at radius 1 is 1.00 bits per heavy atom. The molecule has 5 heteroatoms. The fraction of sp³-hybridized carbons (Fsp3) is 0.542. The maximum atomic E-state index is 12.6. The van der Waals surface area contributed by atoms with Crippen LogP contribution in [0.1, 0.15) is 75.1 Å². The Labute approximate surface area is 173 Å². The van der Waals surface area contributed by atoms with Crippen molar-refractivity contribution in [1.29, 1.82) is 0 Å². The first-order chi connectivity index (χ1) is 14.0. The molecule has 0 unspecified atom stereocenters. The Kier molecular flexibility index (Phi) is 7.62. The number of benzene rings is 1. The van der Waals surface area contributed by atoms with Crippen molar-refractivity contribution in [1.82, 2.24) is 5.32 Å². The van der Waals surface area contributed by atoms with Gasteiger partial charge in [0.05, 0.1) is 0 Å². The van der Waals surface area contributed by atoms with Crippen molar-refractivity contribution in [3.05, 3.63) is 41.5 Å². The van der Waals surface area contributed by atoms with Crippen LogP contribution in [0.25, 0.3) is 0 Å². The van der Waals surface area contributed by atoms with Gasteiger partial charge in [0.2, 0.25) is 11.8 Å². The third-order valence-corrected chi connectivity index (χ3v) is 6.14. The molecule has 0 aliphatic heterocycles. The number of Topliss-reactive ketones (excluding diaryl/α,β-unsaturated/α-hetero) is 1. The van der Waals surface area contributed by atoms with Crippen LogP contribution in [0.5, 0.6) is 0 Å². The molecule has 2 amide bonds. The molecule has 2 aliphatic rings. The molecular formula is C24H32N2O3. The topological polar surface area (TPSA) is 75.3 Å². The van der Waals surface area contributed by atoms with E-state index in [1.54, 1.807) is 24.3 Å². The number of carbonyl (C=O) groups is 3. The molecule has 2 aliphatic carbocycles. The zero-order valence-corrected chi connectivity index (χ0v) is 17.3. The summed E-state index contributed by atoms with van der Waals surface area (Å²) in [6.07, 6.45) is 11.1. The van der Waals surface area contributed by atoms with Crippen molar-refractivity contribution in [2.75, 3.05) is 11.9 Å². The second-order valence-electron chi connectivity index (χ2n) is 8.32. The van der Waals surface area contributed by atoms with E-state index in [1.165, 1.54) is 38.2 Å². The van der Waals surface area contributed by atoms with Crippen LogP contribution in [0.4, 0.5) is 5.69 Å². The molecule has 1 aromatic rings. The smallest absolute Gasteiger partial charge is 0.227 e. The highest BCUT2D eigenvalue weighted by molar-refractivity contribution is 5.97. The summed E-state index contributed by atoms with van der Waals surface area (Å²) in [5.74, 6) is 0.0310. The van der Waals surface area contributed by atoms with E-state index in [0.717, 1.165) is 38.6 Å². The minimum absolute atomic E-state index is 0.0143. The van der Waals surface area contributed by atoms with Crippen molar-refractivity contribution in [2.24, 2.45) is 11.8 Å². The average Bonchev–Trinajstić information content (AvgIpc) is 2.74. The van der Waals surface area contributed by atoms with Crippen molar-refractivity contribution < 1.29 is 14.4 Å². The summed E-state index contributed by atoms with van der Waals surface area (Å²) in [6.45, 7) is 2.23. The lowest BCUT2D eigenvalue weighted by atomic mass is 9.81. The molecule has 0 spiro atoms. The maximum Gasteiger partial charge on any atom is 0.227 e. The average molecular weight is 397 g/mol. The Hall–Kier alpha value is -2.43. The van der Waals surface area contributed by atoms with E-state index >= 15 is 0 Å². The van der Waals surface area contributed by atoms with Gasteiger partial charge in [-0.15, -0.1) is 0 Å². The minimum Gasteiger partial charge on any atom is -0.356 e. The lowest BCUT2D eigenvalue weighted by Crippen LogP contribution is -2.36.